The molecule has 0 saturated heterocycles. The molecule has 0 spiro atoms. The molecule has 0 aromatic heterocycles. The molecule has 0 aliphatic rings. The fourth-order valence-corrected chi connectivity index (χ4v) is 2.44. The number of rotatable bonds is 8. The molecule has 1 rings (SSSR count). The van der Waals surface area contributed by atoms with Gasteiger partial charge in [-0.15, -0.1) is 0 Å². The highest BCUT2D eigenvalue weighted by Gasteiger charge is 2.12. The van der Waals surface area contributed by atoms with E-state index in [0.29, 0.717) is 5.02 Å². The van der Waals surface area contributed by atoms with Crippen molar-refractivity contribution in [1.82, 2.24) is 4.90 Å². The van der Waals surface area contributed by atoms with Crippen molar-refractivity contribution < 1.29 is 5.11 Å². The predicted molar refractivity (Wildman–Crippen MR) is 78.1 cm³/mol. The Bertz CT molecular complexity index is 337. The van der Waals surface area contributed by atoms with Crippen LogP contribution in [0.1, 0.15) is 44.8 Å². The monoisotopic (exact) mass is 269 g/mol. The minimum Gasteiger partial charge on any atom is -0.388 e. The lowest BCUT2D eigenvalue weighted by Crippen LogP contribution is -2.27. The van der Waals surface area contributed by atoms with Gasteiger partial charge in [-0.1, -0.05) is 43.6 Å². The topological polar surface area (TPSA) is 23.5 Å². The van der Waals surface area contributed by atoms with E-state index in [1.165, 1.54) is 0 Å². The molecule has 1 N–H and O–H groups in total. The molecule has 2 nitrogen and oxygen atoms in total. The van der Waals surface area contributed by atoms with E-state index in [9.17, 15) is 5.11 Å². The average Bonchev–Trinajstić information content (AvgIpc) is 2.36. The summed E-state index contributed by atoms with van der Waals surface area (Å²) in [6.45, 7) is 7.50. The molecule has 1 unspecified atom stereocenters. The molecule has 1 atom stereocenters. The van der Waals surface area contributed by atoms with E-state index in [-0.39, 0.29) is 0 Å². The van der Waals surface area contributed by atoms with Crippen molar-refractivity contribution in [1.29, 1.82) is 0 Å². The summed E-state index contributed by atoms with van der Waals surface area (Å²) in [6.07, 6.45) is 2.59. The molecule has 3 heteroatoms. The number of hydrogen-bond acceptors (Lipinski definition) is 2. The predicted octanol–water partition coefficient (Wildman–Crippen LogP) is 3.89. The number of aliphatic hydroxyl groups is 1. The SMILES string of the molecule is CCCN(CCC)CCC(O)c1ccccc1Cl. The van der Waals surface area contributed by atoms with Crippen molar-refractivity contribution >= 4 is 11.6 Å². The maximum atomic E-state index is 10.2. The fourth-order valence-electron chi connectivity index (χ4n) is 2.17. The molecule has 0 aliphatic carbocycles. The highest BCUT2D eigenvalue weighted by molar-refractivity contribution is 6.31. The van der Waals surface area contributed by atoms with Crippen LogP contribution in [0.15, 0.2) is 24.3 Å². The first-order chi connectivity index (χ1) is 8.69. The maximum absolute atomic E-state index is 10.2. The second-order valence-electron chi connectivity index (χ2n) is 4.67. The molecule has 0 fully saturated rings. The minimum absolute atomic E-state index is 0.463. The molecule has 102 valence electrons. The van der Waals surface area contributed by atoms with Gasteiger partial charge >= 0.3 is 0 Å². The maximum Gasteiger partial charge on any atom is 0.0816 e. The molecule has 0 radical (unpaired) electrons. The summed E-state index contributed by atoms with van der Waals surface area (Å²) in [7, 11) is 0. The summed E-state index contributed by atoms with van der Waals surface area (Å²) in [6, 6.07) is 7.53. The van der Waals surface area contributed by atoms with Gasteiger partial charge in [-0.2, -0.15) is 0 Å². The summed E-state index contributed by atoms with van der Waals surface area (Å²) in [5, 5.41) is 10.8. The third-order valence-corrected chi connectivity index (χ3v) is 3.41. The van der Waals surface area contributed by atoms with E-state index in [4.69, 9.17) is 11.6 Å². The average molecular weight is 270 g/mol. The zero-order valence-electron chi connectivity index (χ0n) is 11.4. The molecule has 0 bridgehead atoms. The Morgan fingerprint density at radius 2 is 1.72 bits per heavy atom. The van der Waals surface area contributed by atoms with Gasteiger partial charge in [0, 0.05) is 11.6 Å². The third-order valence-electron chi connectivity index (χ3n) is 3.06. The van der Waals surface area contributed by atoms with E-state index in [2.05, 4.69) is 18.7 Å². The summed E-state index contributed by atoms with van der Waals surface area (Å²) >= 11 is 6.08. The summed E-state index contributed by atoms with van der Waals surface area (Å²) < 4.78 is 0. The van der Waals surface area contributed by atoms with Crippen LogP contribution < -0.4 is 0 Å². The van der Waals surface area contributed by atoms with Crippen LogP contribution in [0.25, 0.3) is 0 Å². The Hall–Kier alpha value is -0.570. The van der Waals surface area contributed by atoms with Crippen molar-refractivity contribution in [3.8, 4) is 0 Å². The van der Waals surface area contributed by atoms with Gasteiger partial charge in [-0.3, -0.25) is 0 Å². The highest BCUT2D eigenvalue weighted by Crippen LogP contribution is 2.24. The normalized spacial score (nSPS) is 12.9. The van der Waals surface area contributed by atoms with Crippen molar-refractivity contribution in [2.24, 2.45) is 0 Å². The highest BCUT2D eigenvalue weighted by atomic mass is 35.5. The second-order valence-corrected chi connectivity index (χ2v) is 5.07. The van der Waals surface area contributed by atoms with Crippen LogP contribution in [0.2, 0.25) is 5.02 Å². The van der Waals surface area contributed by atoms with E-state index < -0.39 is 6.10 Å². The van der Waals surface area contributed by atoms with Gasteiger partial charge in [-0.25, -0.2) is 0 Å². The lowest BCUT2D eigenvalue weighted by atomic mass is 10.1. The standard InChI is InChI=1S/C15H24ClNO/c1-3-10-17(11-4-2)12-9-15(18)13-7-5-6-8-14(13)16/h5-8,15,18H,3-4,9-12H2,1-2H3. The van der Waals surface area contributed by atoms with Crippen molar-refractivity contribution in [3.05, 3.63) is 34.9 Å². The number of hydrogen-bond donors (Lipinski definition) is 1. The van der Waals surface area contributed by atoms with Crippen molar-refractivity contribution in [2.75, 3.05) is 19.6 Å². The molecule has 0 amide bonds. The van der Waals surface area contributed by atoms with Crippen LogP contribution >= 0.6 is 11.6 Å². The zero-order valence-corrected chi connectivity index (χ0v) is 12.2. The van der Waals surface area contributed by atoms with E-state index in [0.717, 1.165) is 44.5 Å². The van der Waals surface area contributed by atoms with Gasteiger partial charge in [0.2, 0.25) is 0 Å². The van der Waals surface area contributed by atoms with Gasteiger partial charge in [0.15, 0.2) is 0 Å². The molecule has 1 aromatic carbocycles. The lowest BCUT2D eigenvalue weighted by molar-refractivity contribution is 0.142. The van der Waals surface area contributed by atoms with E-state index >= 15 is 0 Å². The number of aliphatic hydroxyl groups excluding tert-OH is 1. The molecule has 0 heterocycles. The Labute approximate surface area is 116 Å². The van der Waals surface area contributed by atoms with Gasteiger partial charge < -0.3 is 10.0 Å². The van der Waals surface area contributed by atoms with Crippen molar-refractivity contribution in [3.63, 3.8) is 0 Å². The molecular formula is C15H24ClNO. The molecule has 0 saturated carbocycles. The summed E-state index contributed by atoms with van der Waals surface area (Å²) in [5.74, 6) is 0. The number of nitrogens with zero attached hydrogens (tertiary/aromatic N) is 1. The largest absolute Gasteiger partial charge is 0.388 e. The fraction of sp³-hybridized carbons (Fsp3) is 0.600. The van der Waals surface area contributed by atoms with E-state index in [1.807, 2.05) is 24.3 Å². The number of benzene rings is 1. The lowest BCUT2D eigenvalue weighted by Gasteiger charge is -2.22. The Morgan fingerprint density at radius 1 is 1.11 bits per heavy atom. The molecule has 18 heavy (non-hydrogen) atoms. The Morgan fingerprint density at radius 3 is 2.28 bits per heavy atom. The van der Waals surface area contributed by atoms with E-state index in [1.54, 1.807) is 0 Å². The van der Waals surface area contributed by atoms with Crippen LogP contribution in [-0.4, -0.2) is 29.6 Å². The van der Waals surface area contributed by atoms with Gasteiger partial charge in [0.05, 0.1) is 6.10 Å². The summed E-state index contributed by atoms with van der Waals surface area (Å²) in [4.78, 5) is 2.40. The molecule has 1 aromatic rings. The van der Waals surface area contributed by atoms with Crippen molar-refractivity contribution in [2.45, 2.75) is 39.2 Å². The smallest absolute Gasteiger partial charge is 0.0816 e. The molecular weight excluding hydrogens is 246 g/mol. The quantitative estimate of drug-likeness (QED) is 0.774. The molecule has 0 aliphatic heterocycles. The third kappa shape index (κ3) is 4.97. The number of halogens is 1. The van der Waals surface area contributed by atoms with Gasteiger partial charge in [0.25, 0.3) is 0 Å². The van der Waals surface area contributed by atoms with Crippen LogP contribution in [0.5, 0.6) is 0 Å². The Balaban J connectivity index is 2.49. The van der Waals surface area contributed by atoms with Gasteiger partial charge in [0.1, 0.15) is 0 Å². The van der Waals surface area contributed by atoms with Crippen LogP contribution in [0, 0.1) is 0 Å². The second kappa shape index (κ2) is 8.52. The van der Waals surface area contributed by atoms with Crippen LogP contribution in [-0.2, 0) is 0 Å². The first-order valence-corrected chi connectivity index (χ1v) is 7.21. The zero-order chi connectivity index (χ0) is 13.4. The van der Waals surface area contributed by atoms with Crippen LogP contribution in [0.4, 0.5) is 0 Å². The van der Waals surface area contributed by atoms with Gasteiger partial charge in [-0.05, 0) is 44.0 Å². The summed E-state index contributed by atoms with van der Waals surface area (Å²) in [5.41, 5.74) is 0.840. The Kier molecular flexibility index (Phi) is 7.33. The first kappa shape index (κ1) is 15.5. The van der Waals surface area contributed by atoms with Crippen LogP contribution in [0.3, 0.4) is 0 Å². The minimum atomic E-state index is -0.463. The first-order valence-electron chi connectivity index (χ1n) is 6.83.